The summed E-state index contributed by atoms with van der Waals surface area (Å²) in [5.41, 5.74) is 6.61. The third-order valence-electron chi connectivity index (χ3n) is 4.00. The van der Waals surface area contributed by atoms with Crippen molar-refractivity contribution >= 4 is 36.0 Å². The van der Waals surface area contributed by atoms with Crippen molar-refractivity contribution in [2.45, 2.75) is 39.3 Å². The Hall–Kier alpha value is -2.54. The van der Waals surface area contributed by atoms with Gasteiger partial charge in [0.25, 0.3) is 0 Å². The van der Waals surface area contributed by atoms with Crippen molar-refractivity contribution in [2.75, 3.05) is 11.1 Å². The molecule has 0 bridgehead atoms. The molecule has 2 aromatic heterocycles. The maximum absolute atomic E-state index is 5.96. The lowest BCUT2D eigenvalue weighted by Gasteiger charge is -2.17. The highest BCUT2D eigenvalue weighted by molar-refractivity contribution is 7.59. The van der Waals surface area contributed by atoms with E-state index in [9.17, 15) is 0 Å². The lowest BCUT2D eigenvalue weighted by molar-refractivity contribution is 0.302. The van der Waals surface area contributed by atoms with Gasteiger partial charge in [-0.2, -0.15) is 18.5 Å². The van der Waals surface area contributed by atoms with E-state index in [1.807, 2.05) is 24.3 Å². The van der Waals surface area contributed by atoms with Crippen LogP contribution in [0.25, 0.3) is 10.8 Å². The van der Waals surface area contributed by atoms with Gasteiger partial charge in [-0.1, -0.05) is 37.6 Å². The zero-order valence-corrected chi connectivity index (χ0v) is 16.1. The number of hydrogen-bond donors (Lipinski definition) is 2. The van der Waals surface area contributed by atoms with Crippen LogP contribution in [0.2, 0.25) is 0 Å². The quantitative estimate of drug-likeness (QED) is 0.655. The molecule has 0 aliphatic rings. The van der Waals surface area contributed by atoms with Gasteiger partial charge in [-0.25, -0.2) is 4.98 Å². The molecule has 0 aliphatic carbocycles. The summed E-state index contributed by atoms with van der Waals surface area (Å²) in [7, 11) is 0. The minimum Gasteiger partial charge on any atom is -0.482 e. The highest BCUT2D eigenvalue weighted by atomic mass is 32.1. The molecule has 0 spiro atoms. The maximum atomic E-state index is 5.96. The second-order valence-corrected chi connectivity index (χ2v) is 6.04. The number of nitrogens with two attached hydrogens (primary N) is 1. The van der Waals surface area contributed by atoms with Crippen LogP contribution in [0.4, 0.5) is 11.8 Å². The molecule has 0 amide bonds. The topological polar surface area (TPSA) is 86.0 Å². The summed E-state index contributed by atoms with van der Waals surface area (Å²) in [5, 5.41) is 5.57. The van der Waals surface area contributed by atoms with Crippen molar-refractivity contribution in [3.8, 4) is 5.75 Å². The predicted octanol–water partition coefficient (Wildman–Crippen LogP) is 3.90. The van der Waals surface area contributed by atoms with Crippen molar-refractivity contribution in [1.29, 1.82) is 0 Å². The van der Waals surface area contributed by atoms with E-state index < -0.39 is 0 Å². The van der Waals surface area contributed by atoms with Crippen LogP contribution in [0.1, 0.15) is 32.4 Å². The van der Waals surface area contributed by atoms with Gasteiger partial charge in [-0.15, -0.1) is 0 Å². The van der Waals surface area contributed by atoms with Crippen LogP contribution in [0.3, 0.4) is 0 Å². The summed E-state index contributed by atoms with van der Waals surface area (Å²) in [6.07, 6.45) is 5.52. The molecule has 3 rings (SSSR count). The average molecular weight is 372 g/mol. The molecule has 0 fully saturated rings. The second kappa shape index (κ2) is 9.24. The van der Waals surface area contributed by atoms with Crippen molar-refractivity contribution in [3.63, 3.8) is 0 Å². The monoisotopic (exact) mass is 371 g/mol. The molecule has 0 radical (unpaired) electrons. The molecule has 3 N–H and O–H groups in total. The number of ether oxygens (including phenoxy) is 1. The number of rotatable bonds is 7. The van der Waals surface area contributed by atoms with Gasteiger partial charge < -0.3 is 15.8 Å². The molecular formula is C19H25N5OS. The molecule has 7 heteroatoms. The number of hydrogen-bond acceptors (Lipinski definition) is 6. The summed E-state index contributed by atoms with van der Waals surface area (Å²) >= 11 is 0. The maximum Gasteiger partial charge on any atom is 0.222 e. The van der Waals surface area contributed by atoms with E-state index in [-0.39, 0.29) is 25.5 Å². The van der Waals surface area contributed by atoms with E-state index in [4.69, 9.17) is 10.5 Å². The molecule has 26 heavy (non-hydrogen) atoms. The zero-order valence-electron chi connectivity index (χ0n) is 15.1. The van der Waals surface area contributed by atoms with Gasteiger partial charge in [0.05, 0.1) is 11.9 Å². The summed E-state index contributed by atoms with van der Waals surface area (Å²) in [5.74, 6) is 1.42. The lowest BCUT2D eigenvalue weighted by Crippen LogP contribution is -2.17. The number of nitrogens with one attached hydrogen (secondary N) is 1. The van der Waals surface area contributed by atoms with Gasteiger partial charge in [0, 0.05) is 17.6 Å². The molecular weight excluding hydrogens is 346 g/mol. The van der Waals surface area contributed by atoms with Gasteiger partial charge >= 0.3 is 0 Å². The fourth-order valence-electron chi connectivity index (χ4n) is 2.78. The Kier molecular flexibility index (Phi) is 7.03. The summed E-state index contributed by atoms with van der Waals surface area (Å²) in [4.78, 5) is 12.8. The van der Waals surface area contributed by atoms with Crippen LogP contribution < -0.4 is 15.8 Å². The van der Waals surface area contributed by atoms with Crippen LogP contribution in [-0.4, -0.2) is 21.0 Å². The van der Waals surface area contributed by atoms with Crippen LogP contribution in [-0.2, 0) is 6.61 Å². The van der Waals surface area contributed by atoms with Crippen LogP contribution in [0.5, 0.6) is 5.75 Å². The van der Waals surface area contributed by atoms with E-state index in [2.05, 4.69) is 40.2 Å². The highest BCUT2D eigenvalue weighted by Gasteiger charge is 2.12. The molecule has 138 valence electrons. The van der Waals surface area contributed by atoms with Crippen LogP contribution in [0, 0.1) is 0 Å². The standard InChI is InChI=1S/C19H23N5O.H2S/c1-3-6-13(2)23-18-17(11-22-19(20)24-18)25-12-16-15-8-5-4-7-14(15)9-10-21-16;/h4-5,7-11,13H,3,6,12H2,1-2H3,(H3,20,22,23,24);1H2/t13-;/m0./s1. The molecule has 0 saturated heterocycles. The number of aromatic nitrogens is 3. The van der Waals surface area contributed by atoms with Gasteiger partial charge in [0.1, 0.15) is 6.61 Å². The minimum atomic E-state index is 0. The molecule has 0 aliphatic heterocycles. The van der Waals surface area contributed by atoms with Gasteiger partial charge in [-0.05, 0) is 24.8 Å². The first-order chi connectivity index (χ1) is 12.2. The Bertz CT molecular complexity index is 853. The van der Waals surface area contributed by atoms with E-state index in [1.165, 1.54) is 0 Å². The Labute approximate surface area is 160 Å². The summed E-state index contributed by atoms with van der Waals surface area (Å²) in [6.45, 7) is 4.60. The molecule has 2 heterocycles. The molecule has 1 aromatic carbocycles. The number of nitrogen functional groups attached to an aromatic ring is 1. The first kappa shape index (κ1) is 19.8. The second-order valence-electron chi connectivity index (χ2n) is 6.04. The normalized spacial score (nSPS) is 11.6. The van der Waals surface area contributed by atoms with Crippen molar-refractivity contribution in [3.05, 3.63) is 48.4 Å². The number of nitrogens with zero attached hydrogens (tertiary/aromatic N) is 3. The lowest BCUT2D eigenvalue weighted by atomic mass is 10.1. The number of anilines is 2. The van der Waals surface area contributed by atoms with Gasteiger partial charge in [0.2, 0.25) is 5.95 Å². The average Bonchev–Trinajstić information content (AvgIpc) is 2.61. The van der Waals surface area contributed by atoms with Crippen molar-refractivity contribution in [2.24, 2.45) is 0 Å². The fraction of sp³-hybridized carbons (Fsp3) is 0.316. The molecule has 1 atom stereocenters. The Balaban J connectivity index is 0.00000243. The largest absolute Gasteiger partial charge is 0.482 e. The van der Waals surface area contributed by atoms with Crippen LogP contribution in [0.15, 0.2) is 42.7 Å². The fourth-order valence-corrected chi connectivity index (χ4v) is 2.78. The summed E-state index contributed by atoms with van der Waals surface area (Å²) in [6, 6.07) is 10.4. The molecule has 6 nitrogen and oxygen atoms in total. The van der Waals surface area contributed by atoms with Crippen LogP contribution >= 0.6 is 13.5 Å². The first-order valence-corrected chi connectivity index (χ1v) is 8.52. The molecule has 0 unspecified atom stereocenters. The highest BCUT2D eigenvalue weighted by Crippen LogP contribution is 2.25. The summed E-state index contributed by atoms with van der Waals surface area (Å²) < 4.78 is 5.96. The number of benzene rings is 1. The number of pyridine rings is 1. The van der Waals surface area contributed by atoms with E-state index in [0.29, 0.717) is 18.2 Å². The smallest absolute Gasteiger partial charge is 0.222 e. The Morgan fingerprint density at radius 2 is 2.00 bits per heavy atom. The Morgan fingerprint density at radius 1 is 1.19 bits per heavy atom. The van der Waals surface area contributed by atoms with E-state index in [0.717, 1.165) is 29.3 Å². The van der Waals surface area contributed by atoms with E-state index >= 15 is 0 Å². The van der Waals surface area contributed by atoms with Gasteiger partial charge in [0.15, 0.2) is 11.6 Å². The van der Waals surface area contributed by atoms with E-state index in [1.54, 1.807) is 12.4 Å². The third-order valence-corrected chi connectivity index (χ3v) is 4.00. The van der Waals surface area contributed by atoms with Crippen molar-refractivity contribution < 1.29 is 4.74 Å². The zero-order chi connectivity index (χ0) is 17.6. The first-order valence-electron chi connectivity index (χ1n) is 8.52. The minimum absolute atomic E-state index is 0. The van der Waals surface area contributed by atoms with Gasteiger partial charge in [-0.3, -0.25) is 4.98 Å². The van der Waals surface area contributed by atoms with Crippen molar-refractivity contribution in [1.82, 2.24) is 15.0 Å². The number of fused-ring (bicyclic) bond motifs is 1. The predicted molar refractivity (Wildman–Crippen MR) is 111 cm³/mol. The third kappa shape index (κ3) is 4.76. The molecule has 3 aromatic rings. The Morgan fingerprint density at radius 3 is 2.81 bits per heavy atom. The SMILES string of the molecule is CCC[C@H](C)Nc1nc(N)ncc1OCc1nccc2ccccc12.S. The molecule has 0 saturated carbocycles.